The Kier molecular flexibility index (Phi) is 7.33. The summed E-state index contributed by atoms with van der Waals surface area (Å²) in [4.78, 5) is 5.11. The molecular weight excluding hydrogens is 234 g/mol. The topological polar surface area (TPSA) is 18.5 Å². The molecule has 0 bridgehead atoms. The second-order valence-corrected chi connectivity index (χ2v) is 7.09. The number of likely N-dealkylation sites (N-methyl/N-ethyl adjacent to an activating group) is 2. The SMILES string of the molecule is CC(C)CNCC(C(C)C)N(C)C1CCCN(C)C1. The fourth-order valence-electron chi connectivity index (χ4n) is 3.11. The second kappa shape index (κ2) is 8.23. The van der Waals surface area contributed by atoms with Gasteiger partial charge in [0.25, 0.3) is 0 Å². The monoisotopic (exact) mass is 269 g/mol. The van der Waals surface area contributed by atoms with Gasteiger partial charge in [-0.15, -0.1) is 0 Å². The largest absolute Gasteiger partial charge is 0.315 e. The van der Waals surface area contributed by atoms with Crippen LogP contribution in [0.1, 0.15) is 40.5 Å². The maximum atomic E-state index is 3.64. The quantitative estimate of drug-likeness (QED) is 0.765. The molecule has 0 aliphatic carbocycles. The minimum atomic E-state index is 0.648. The summed E-state index contributed by atoms with van der Waals surface area (Å²) in [6.07, 6.45) is 2.70. The highest BCUT2D eigenvalue weighted by atomic mass is 15.2. The number of nitrogens with one attached hydrogen (secondary N) is 1. The van der Waals surface area contributed by atoms with Crippen LogP contribution in [0.25, 0.3) is 0 Å². The van der Waals surface area contributed by atoms with Gasteiger partial charge >= 0.3 is 0 Å². The Bertz CT molecular complexity index is 240. The number of hydrogen-bond donors (Lipinski definition) is 1. The standard InChI is InChI=1S/C16H35N3/c1-13(2)10-17-11-16(14(3)4)19(6)15-8-7-9-18(5)12-15/h13-17H,7-12H2,1-6H3. The first-order chi connectivity index (χ1) is 8.91. The van der Waals surface area contributed by atoms with Gasteiger partial charge in [-0.1, -0.05) is 27.7 Å². The zero-order chi connectivity index (χ0) is 14.4. The van der Waals surface area contributed by atoms with Gasteiger partial charge in [-0.05, 0) is 51.9 Å². The molecule has 114 valence electrons. The lowest BCUT2D eigenvalue weighted by Gasteiger charge is -2.41. The highest BCUT2D eigenvalue weighted by molar-refractivity contribution is 4.84. The minimum absolute atomic E-state index is 0.648. The van der Waals surface area contributed by atoms with E-state index in [0.29, 0.717) is 12.0 Å². The molecule has 0 amide bonds. The predicted octanol–water partition coefficient (Wildman–Crippen LogP) is 2.28. The predicted molar refractivity (Wildman–Crippen MR) is 84.6 cm³/mol. The molecule has 0 aromatic heterocycles. The van der Waals surface area contributed by atoms with Crippen molar-refractivity contribution in [3.05, 3.63) is 0 Å². The van der Waals surface area contributed by atoms with Crippen molar-refractivity contribution in [3.8, 4) is 0 Å². The summed E-state index contributed by atoms with van der Waals surface area (Å²) in [5.41, 5.74) is 0. The van der Waals surface area contributed by atoms with E-state index < -0.39 is 0 Å². The van der Waals surface area contributed by atoms with Crippen LogP contribution in [0.2, 0.25) is 0 Å². The molecular formula is C16H35N3. The van der Waals surface area contributed by atoms with E-state index >= 15 is 0 Å². The van der Waals surface area contributed by atoms with Gasteiger partial charge in [0.1, 0.15) is 0 Å². The van der Waals surface area contributed by atoms with Gasteiger partial charge in [-0.25, -0.2) is 0 Å². The summed E-state index contributed by atoms with van der Waals surface area (Å²) < 4.78 is 0. The Morgan fingerprint density at radius 1 is 1.21 bits per heavy atom. The van der Waals surface area contributed by atoms with Crippen LogP contribution in [-0.2, 0) is 0 Å². The van der Waals surface area contributed by atoms with Crippen LogP contribution in [0.3, 0.4) is 0 Å². The maximum absolute atomic E-state index is 3.64. The van der Waals surface area contributed by atoms with Gasteiger partial charge in [0.15, 0.2) is 0 Å². The normalized spacial score (nSPS) is 23.5. The summed E-state index contributed by atoms with van der Waals surface area (Å²) in [6, 6.07) is 1.38. The lowest BCUT2D eigenvalue weighted by molar-refractivity contribution is 0.0778. The first kappa shape index (κ1) is 16.9. The number of rotatable bonds is 7. The number of likely N-dealkylation sites (tertiary alicyclic amines) is 1. The van der Waals surface area contributed by atoms with E-state index in [1.165, 1.54) is 25.9 Å². The zero-order valence-corrected chi connectivity index (χ0v) is 13.9. The van der Waals surface area contributed by atoms with Crippen molar-refractivity contribution in [2.75, 3.05) is 40.3 Å². The molecule has 1 aliphatic heterocycles. The van der Waals surface area contributed by atoms with E-state index in [0.717, 1.165) is 25.0 Å². The van der Waals surface area contributed by atoms with Crippen molar-refractivity contribution in [1.82, 2.24) is 15.1 Å². The van der Waals surface area contributed by atoms with Gasteiger partial charge < -0.3 is 10.2 Å². The summed E-state index contributed by atoms with van der Waals surface area (Å²) in [5, 5.41) is 3.64. The Hall–Kier alpha value is -0.120. The van der Waals surface area contributed by atoms with Crippen molar-refractivity contribution < 1.29 is 0 Å². The molecule has 0 aromatic carbocycles. The van der Waals surface area contributed by atoms with E-state index in [1.54, 1.807) is 0 Å². The van der Waals surface area contributed by atoms with Crippen LogP contribution in [-0.4, -0.2) is 62.2 Å². The summed E-state index contributed by atoms with van der Waals surface area (Å²) in [5.74, 6) is 1.44. The smallest absolute Gasteiger partial charge is 0.0244 e. The lowest BCUT2D eigenvalue weighted by Crippen LogP contribution is -2.53. The van der Waals surface area contributed by atoms with Crippen molar-refractivity contribution in [2.45, 2.75) is 52.6 Å². The first-order valence-corrected chi connectivity index (χ1v) is 8.03. The van der Waals surface area contributed by atoms with E-state index in [9.17, 15) is 0 Å². The molecule has 0 radical (unpaired) electrons. The molecule has 0 spiro atoms. The van der Waals surface area contributed by atoms with Gasteiger partial charge in [0, 0.05) is 25.2 Å². The Morgan fingerprint density at radius 2 is 1.89 bits per heavy atom. The van der Waals surface area contributed by atoms with Crippen molar-refractivity contribution >= 4 is 0 Å². The third-order valence-electron chi connectivity index (χ3n) is 4.37. The average molecular weight is 269 g/mol. The third-order valence-corrected chi connectivity index (χ3v) is 4.37. The Labute approximate surface area is 120 Å². The first-order valence-electron chi connectivity index (χ1n) is 8.03. The highest BCUT2D eigenvalue weighted by Crippen LogP contribution is 2.19. The molecule has 1 N–H and O–H groups in total. The molecule has 1 aliphatic rings. The Balaban J connectivity index is 2.49. The number of hydrogen-bond acceptors (Lipinski definition) is 3. The molecule has 0 saturated carbocycles. The van der Waals surface area contributed by atoms with Crippen molar-refractivity contribution in [2.24, 2.45) is 11.8 Å². The summed E-state index contributed by atoms with van der Waals surface area (Å²) >= 11 is 0. The molecule has 19 heavy (non-hydrogen) atoms. The minimum Gasteiger partial charge on any atom is -0.315 e. The maximum Gasteiger partial charge on any atom is 0.0244 e. The number of piperidine rings is 1. The molecule has 1 fully saturated rings. The molecule has 1 saturated heterocycles. The van der Waals surface area contributed by atoms with E-state index in [4.69, 9.17) is 0 Å². The molecule has 1 rings (SSSR count). The molecule has 2 unspecified atom stereocenters. The molecule has 3 heteroatoms. The fourth-order valence-corrected chi connectivity index (χ4v) is 3.11. The van der Waals surface area contributed by atoms with Crippen LogP contribution < -0.4 is 5.32 Å². The van der Waals surface area contributed by atoms with Crippen molar-refractivity contribution in [3.63, 3.8) is 0 Å². The second-order valence-electron chi connectivity index (χ2n) is 7.09. The lowest BCUT2D eigenvalue weighted by atomic mass is 9.97. The van der Waals surface area contributed by atoms with Crippen LogP contribution in [0.4, 0.5) is 0 Å². The van der Waals surface area contributed by atoms with Crippen LogP contribution in [0.15, 0.2) is 0 Å². The van der Waals surface area contributed by atoms with Crippen LogP contribution in [0.5, 0.6) is 0 Å². The summed E-state index contributed by atoms with van der Waals surface area (Å²) in [7, 11) is 4.58. The van der Waals surface area contributed by atoms with E-state index in [1.807, 2.05) is 0 Å². The van der Waals surface area contributed by atoms with Gasteiger partial charge in [0.05, 0.1) is 0 Å². The molecule has 0 aromatic rings. The molecule has 2 atom stereocenters. The molecule has 1 heterocycles. The highest BCUT2D eigenvalue weighted by Gasteiger charge is 2.27. The van der Waals surface area contributed by atoms with Gasteiger partial charge in [-0.2, -0.15) is 0 Å². The Morgan fingerprint density at radius 3 is 2.42 bits per heavy atom. The average Bonchev–Trinajstić information content (AvgIpc) is 2.33. The van der Waals surface area contributed by atoms with Gasteiger partial charge in [0.2, 0.25) is 0 Å². The van der Waals surface area contributed by atoms with E-state index in [-0.39, 0.29) is 0 Å². The number of nitrogens with zero attached hydrogens (tertiary/aromatic N) is 2. The van der Waals surface area contributed by atoms with Crippen molar-refractivity contribution in [1.29, 1.82) is 0 Å². The van der Waals surface area contributed by atoms with E-state index in [2.05, 4.69) is 56.9 Å². The summed E-state index contributed by atoms with van der Waals surface area (Å²) in [6.45, 7) is 14.0. The third kappa shape index (κ3) is 5.80. The van der Waals surface area contributed by atoms with Gasteiger partial charge in [-0.3, -0.25) is 4.90 Å². The zero-order valence-electron chi connectivity index (χ0n) is 13.9. The van der Waals surface area contributed by atoms with Crippen LogP contribution in [0, 0.1) is 11.8 Å². The molecule has 3 nitrogen and oxygen atoms in total. The van der Waals surface area contributed by atoms with Crippen LogP contribution >= 0.6 is 0 Å². The fraction of sp³-hybridized carbons (Fsp3) is 1.00.